The summed E-state index contributed by atoms with van der Waals surface area (Å²) in [5.41, 5.74) is 6.67. The Morgan fingerprint density at radius 3 is 2.25 bits per heavy atom. The van der Waals surface area contributed by atoms with Crippen molar-refractivity contribution in [1.29, 1.82) is 0 Å². The van der Waals surface area contributed by atoms with Gasteiger partial charge in [-0.15, -0.1) is 0 Å². The van der Waals surface area contributed by atoms with Gasteiger partial charge in [-0.05, 0) is 68.3 Å². The number of benzene rings is 3. The van der Waals surface area contributed by atoms with Gasteiger partial charge in [0.1, 0.15) is 0 Å². The fourth-order valence-electron chi connectivity index (χ4n) is 4.29. The molecule has 0 aliphatic carbocycles. The summed E-state index contributed by atoms with van der Waals surface area (Å²) in [5, 5.41) is 9.61. The zero-order valence-electron chi connectivity index (χ0n) is 20.9. The van der Waals surface area contributed by atoms with Crippen LogP contribution in [0.25, 0.3) is 0 Å². The summed E-state index contributed by atoms with van der Waals surface area (Å²) < 4.78 is 0. The number of nitrogens with zero attached hydrogens (tertiary/aromatic N) is 2. The maximum absolute atomic E-state index is 12.7. The molecule has 0 radical (unpaired) electrons. The van der Waals surface area contributed by atoms with Gasteiger partial charge >= 0.3 is 6.03 Å². The predicted octanol–water partition coefficient (Wildman–Crippen LogP) is 5.67. The number of piperazine rings is 1. The van der Waals surface area contributed by atoms with Crippen molar-refractivity contribution in [1.82, 2.24) is 4.90 Å². The third-order valence-electron chi connectivity index (χ3n) is 6.36. The molecule has 7 nitrogen and oxygen atoms in total. The highest BCUT2D eigenvalue weighted by Crippen LogP contribution is 2.26. The fourth-order valence-corrected chi connectivity index (χ4v) is 4.56. The van der Waals surface area contributed by atoms with Gasteiger partial charge in [0.25, 0.3) is 0 Å². The minimum absolute atomic E-state index is 0.101. The van der Waals surface area contributed by atoms with Crippen LogP contribution in [0, 0.1) is 20.8 Å². The van der Waals surface area contributed by atoms with E-state index in [1.54, 1.807) is 11.0 Å². The minimum Gasteiger partial charge on any atom is -0.376 e. The second-order valence-corrected chi connectivity index (χ2v) is 9.51. The van der Waals surface area contributed by atoms with Gasteiger partial charge in [-0.25, -0.2) is 4.79 Å². The number of carbonyl (C=O) groups excluding carboxylic acids is 2. The van der Waals surface area contributed by atoms with Crippen molar-refractivity contribution in [3.63, 3.8) is 0 Å². The Hall–Kier alpha value is -3.71. The van der Waals surface area contributed by atoms with Crippen molar-refractivity contribution < 1.29 is 9.59 Å². The van der Waals surface area contributed by atoms with Gasteiger partial charge in [0.05, 0.1) is 17.3 Å². The molecule has 3 aromatic rings. The van der Waals surface area contributed by atoms with E-state index in [4.69, 9.17) is 11.6 Å². The molecule has 0 spiro atoms. The molecule has 1 heterocycles. The fraction of sp³-hybridized carbons (Fsp3) is 0.286. The molecule has 1 fully saturated rings. The van der Waals surface area contributed by atoms with E-state index in [2.05, 4.69) is 26.9 Å². The molecule has 188 valence electrons. The Bertz CT molecular complexity index is 1220. The third kappa shape index (κ3) is 6.29. The average molecular weight is 506 g/mol. The first-order chi connectivity index (χ1) is 17.3. The Labute approximate surface area is 217 Å². The van der Waals surface area contributed by atoms with Crippen LogP contribution in [0.3, 0.4) is 0 Å². The smallest absolute Gasteiger partial charge is 0.322 e. The highest BCUT2D eigenvalue weighted by atomic mass is 35.5. The van der Waals surface area contributed by atoms with E-state index in [1.165, 1.54) is 5.56 Å². The Morgan fingerprint density at radius 2 is 1.58 bits per heavy atom. The van der Waals surface area contributed by atoms with E-state index in [9.17, 15) is 9.59 Å². The average Bonchev–Trinajstić information content (AvgIpc) is 2.86. The zero-order chi connectivity index (χ0) is 25.7. The maximum Gasteiger partial charge on any atom is 0.322 e. The number of carbonyl (C=O) groups is 2. The Kier molecular flexibility index (Phi) is 8.00. The first-order valence-electron chi connectivity index (χ1n) is 12.1. The van der Waals surface area contributed by atoms with Crippen molar-refractivity contribution in [2.24, 2.45) is 0 Å². The van der Waals surface area contributed by atoms with E-state index < -0.39 is 0 Å². The van der Waals surface area contributed by atoms with Crippen molar-refractivity contribution in [3.05, 3.63) is 82.4 Å². The van der Waals surface area contributed by atoms with Crippen LogP contribution < -0.4 is 20.9 Å². The summed E-state index contributed by atoms with van der Waals surface area (Å²) in [6.07, 6.45) is 0. The second kappa shape index (κ2) is 11.4. The van der Waals surface area contributed by atoms with Crippen LogP contribution in [0.15, 0.2) is 60.7 Å². The normalized spacial score (nSPS) is 13.3. The van der Waals surface area contributed by atoms with Crippen LogP contribution in [-0.2, 0) is 4.79 Å². The number of urea groups is 1. The molecule has 1 saturated heterocycles. The molecule has 3 amide bonds. The van der Waals surface area contributed by atoms with E-state index >= 15 is 0 Å². The molecule has 0 aromatic heterocycles. The number of rotatable bonds is 6. The van der Waals surface area contributed by atoms with E-state index in [0.717, 1.165) is 41.3 Å². The molecule has 1 aliphatic heterocycles. The van der Waals surface area contributed by atoms with Crippen molar-refractivity contribution in [2.45, 2.75) is 20.8 Å². The van der Waals surface area contributed by atoms with Crippen molar-refractivity contribution in [2.75, 3.05) is 53.6 Å². The van der Waals surface area contributed by atoms with E-state index in [-0.39, 0.29) is 18.5 Å². The summed E-state index contributed by atoms with van der Waals surface area (Å²) in [4.78, 5) is 29.2. The van der Waals surface area contributed by atoms with Crippen molar-refractivity contribution >= 4 is 46.3 Å². The van der Waals surface area contributed by atoms with Crippen LogP contribution in [0.5, 0.6) is 0 Å². The molecular formula is C28H32ClN5O2. The summed E-state index contributed by atoms with van der Waals surface area (Å²) >= 11 is 6.25. The largest absolute Gasteiger partial charge is 0.376 e. The third-order valence-corrected chi connectivity index (χ3v) is 6.67. The molecule has 0 saturated carbocycles. The lowest BCUT2D eigenvalue weighted by Gasteiger charge is -2.36. The highest BCUT2D eigenvalue weighted by Gasteiger charge is 2.22. The first kappa shape index (κ1) is 25.4. The molecule has 3 N–H and O–H groups in total. The van der Waals surface area contributed by atoms with Crippen LogP contribution in [0.1, 0.15) is 16.7 Å². The number of aryl methyl sites for hydroxylation is 3. The number of halogens is 1. The lowest BCUT2D eigenvalue weighted by molar-refractivity contribution is -0.114. The summed E-state index contributed by atoms with van der Waals surface area (Å²) in [5.74, 6) is -0.101. The molecular weight excluding hydrogens is 474 g/mol. The highest BCUT2D eigenvalue weighted by molar-refractivity contribution is 6.33. The summed E-state index contributed by atoms with van der Waals surface area (Å²) in [6, 6.07) is 19.3. The molecule has 8 heteroatoms. The van der Waals surface area contributed by atoms with Gasteiger partial charge in [0.2, 0.25) is 5.91 Å². The SMILES string of the molecule is Cc1ccc(NCC(=O)Nc2ccc(N3CCN(C(=O)Nc4c(C)cccc4Cl)CC3)cc2)c(C)c1. The van der Waals surface area contributed by atoms with Crippen LogP contribution >= 0.6 is 11.6 Å². The summed E-state index contributed by atoms with van der Waals surface area (Å²) in [7, 11) is 0. The van der Waals surface area contributed by atoms with Gasteiger partial charge in [0, 0.05) is 43.2 Å². The second-order valence-electron chi connectivity index (χ2n) is 9.10. The maximum atomic E-state index is 12.7. The molecule has 0 bridgehead atoms. The molecule has 4 rings (SSSR count). The van der Waals surface area contributed by atoms with Crippen LogP contribution in [0.4, 0.5) is 27.5 Å². The molecule has 0 unspecified atom stereocenters. The Balaban J connectivity index is 1.25. The topological polar surface area (TPSA) is 76.7 Å². The number of anilines is 4. The zero-order valence-corrected chi connectivity index (χ0v) is 21.7. The van der Waals surface area contributed by atoms with Gasteiger partial charge in [-0.3, -0.25) is 4.79 Å². The Morgan fingerprint density at radius 1 is 0.861 bits per heavy atom. The summed E-state index contributed by atoms with van der Waals surface area (Å²) in [6.45, 7) is 8.86. The molecule has 3 aromatic carbocycles. The predicted molar refractivity (Wildman–Crippen MR) is 148 cm³/mol. The first-order valence-corrected chi connectivity index (χ1v) is 12.4. The van der Waals surface area contributed by atoms with Gasteiger partial charge in [0.15, 0.2) is 0 Å². The monoisotopic (exact) mass is 505 g/mol. The quantitative estimate of drug-likeness (QED) is 0.403. The number of hydrogen-bond donors (Lipinski definition) is 3. The van der Waals surface area contributed by atoms with E-state index in [0.29, 0.717) is 23.8 Å². The lowest BCUT2D eigenvalue weighted by atomic mass is 10.1. The van der Waals surface area contributed by atoms with Gasteiger partial charge in [-0.2, -0.15) is 0 Å². The number of para-hydroxylation sites is 1. The minimum atomic E-state index is -0.140. The number of nitrogens with one attached hydrogen (secondary N) is 3. The van der Waals surface area contributed by atoms with Crippen LogP contribution in [0.2, 0.25) is 5.02 Å². The van der Waals surface area contributed by atoms with E-state index in [1.807, 2.05) is 69.3 Å². The lowest BCUT2D eigenvalue weighted by Crippen LogP contribution is -2.50. The molecule has 1 aliphatic rings. The number of hydrogen-bond acceptors (Lipinski definition) is 4. The van der Waals surface area contributed by atoms with Crippen molar-refractivity contribution in [3.8, 4) is 0 Å². The molecule has 36 heavy (non-hydrogen) atoms. The van der Waals surface area contributed by atoms with Crippen LogP contribution in [-0.4, -0.2) is 49.6 Å². The van der Waals surface area contributed by atoms with Gasteiger partial charge in [-0.1, -0.05) is 41.4 Å². The number of amides is 3. The molecule has 0 atom stereocenters. The van der Waals surface area contributed by atoms with Gasteiger partial charge < -0.3 is 25.8 Å². The standard InChI is InChI=1S/C28H32ClN5O2/c1-19-7-12-25(21(3)17-19)30-18-26(35)31-22-8-10-23(11-9-22)33-13-15-34(16-14-33)28(36)32-27-20(2)5-4-6-24(27)29/h4-12,17,30H,13-16,18H2,1-3H3,(H,31,35)(H,32,36).